The first-order valence-electron chi connectivity index (χ1n) is 8.42. The highest BCUT2D eigenvalue weighted by atomic mass is 32.2. The van der Waals surface area contributed by atoms with E-state index in [0.717, 1.165) is 11.3 Å². The van der Waals surface area contributed by atoms with Crippen LogP contribution in [0.5, 0.6) is 0 Å². The molecule has 2 heterocycles. The van der Waals surface area contributed by atoms with Crippen LogP contribution in [-0.4, -0.2) is 33.2 Å². The number of hydrogen-bond donors (Lipinski definition) is 2. The molecule has 0 aromatic heterocycles. The van der Waals surface area contributed by atoms with Crippen molar-refractivity contribution in [2.45, 2.75) is 22.3 Å². The van der Waals surface area contributed by atoms with Gasteiger partial charge in [-0.1, -0.05) is 36.0 Å². The Morgan fingerprint density at radius 2 is 1.78 bits per heavy atom. The van der Waals surface area contributed by atoms with Gasteiger partial charge in [-0.3, -0.25) is 0 Å². The highest BCUT2D eigenvalue weighted by Crippen LogP contribution is 2.40. The van der Waals surface area contributed by atoms with E-state index in [1.807, 2.05) is 6.07 Å². The van der Waals surface area contributed by atoms with Crippen molar-refractivity contribution in [2.75, 3.05) is 33.2 Å². The van der Waals surface area contributed by atoms with Crippen LogP contribution in [0.2, 0.25) is 0 Å². The Morgan fingerprint density at radius 3 is 2.61 bits per heavy atom. The summed E-state index contributed by atoms with van der Waals surface area (Å²) in [5.41, 5.74) is 2.72. The Bertz CT molecular complexity index is 710. The second kappa shape index (κ2) is 6.27. The lowest BCUT2D eigenvalue weighted by molar-refractivity contribution is -1.02. The fraction of sp³-hybridized carbons (Fsp3) is 0.368. The summed E-state index contributed by atoms with van der Waals surface area (Å²) in [6.45, 7) is 4.90. The predicted octanol–water partition coefficient (Wildman–Crippen LogP) is 0.987. The molecule has 0 unspecified atom stereocenters. The molecule has 2 N–H and O–H groups in total. The highest BCUT2D eigenvalue weighted by molar-refractivity contribution is 7.99. The maximum Gasteiger partial charge on any atom is 0.127 e. The maximum atomic E-state index is 13.7. The second-order valence-corrected chi connectivity index (χ2v) is 7.85. The number of benzene rings is 2. The smallest absolute Gasteiger partial charge is 0.127 e. The van der Waals surface area contributed by atoms with Gasteiger partial charge in [0.1, 0.15) is 38.0 Å². The standard InChI is InChI=1S/C19H21FN2S/c1-21-8-10-22(11-9-21)17-12-14-6-7-15(20)13-19(14)23-18-5-3-2-4-16(17)18/h2-7,13,17H,8-12H2,1H3/p+2/t17-/m1/s1. The molecule has 2 aliphatic heterocycles. The van der Waals surface area contributed by atoms with Crippen molar-refractivity contribution in [2.24, 2.45) is 0 Å². The first-order chi connectivity index (χ1) is 11.2. The second-order valence-electron chi connectivity index (χ2n) is 6.76. The molecular formula is C19H23FN2S+2. The molecule has 120 valence electrons. The van der Waals surface area contributed by atoms with Crippen LogP contribution in [0.3, 0.4) is 0 Å². The van der Waals surface area contributed by atoms with Crippen LogP contribution >= 0.6 is 11.8 Å². The zero-order valence-electron chi connectivity index (χ0n) is 13.4. The third kappa shape index (κ3) is 3.03. The zero-order chi connectivity index (χ0) is 15.8. The van der Waals surface area contributed by atoms with E-state index in [9.17, 15) is 4.39 Å². The molecule has 1 saturated heterocycles. The van der Waals surface area contributed by atoms with Gasteiger partial charge in [-0.25, -0.2) is 4.39 Å². The van der Waals surface area contributed by atoms with Crippen molar-refractivity contribution < 1.29 is 14.2 Å². The summed E-state index contributed by atoms with van der Waals surface area (Å²) in [5, 5.41) is 0. The van der Waals surface area contributed by atoms with E-state index >= 15 is 0 Å². The normalized spacial score (nSPS) is 27.0. The first kappa shape index (κ1) is 15.2. The van der Waals surface area contributed by atoms with Gasteiger partial charge < -0.3 is 9.80 Å². The number of rotatable bonds is 1. The van der Waals surface area contributed by atoms with Gasteiger partial charge in [-0.05, 0) is 23.8 Å². The Kier molecular flexibility index (Phi) is 4.14. The minimum atomic E-state index is -0.136. The molecule has 0 bridgehead atoms. The molecule has 2 nitrogen and oxygen atoms in total. The molecule has 0 saturated carbocycles. The fourth-order valence-electron chi connectivity index (χ4n) is 3.81. The number of likely N-dealkylation sites (N-methyl/N-ethyl adjacent to an activating group) is 1. The molecule has 1 fully saturated rings. The molecule has 2 aromatic rings. The largest absolute Gasteiger partial charge is 0.328 e. The molecule has 23 heavy (non-hydrogen) atoms. The van der Waals surface area contributed by atoms with Crippen molar-refractivity contribution >= 4 is 11.8 Å². The molecule has 4 rings (SSSR count). The van der Waals surface area contributed by atoms with Crippen molar-refractivity contribution in [1.82, 2.24) is 0 Å². The number of nitrogens with one attached hydrogen (secondary N) is 2. The lowest BCUT2D eigenvalue weighted by atomic mass is 9.96. The Labute approximate surface area is 141 Å². The predicted molar refractivity (Wildman–Crippen MR) is 90.7 cm³/mol. The van der Waals surface area contributed by atoms with Gasteiger partial charge in [0.15, 0.2) is 0 Å². The molecule has 0 radical (unpaired) electrons. The van der Waals surface area contributed by atoms with E-state index in [1.165, 1.54) is 42.2 Å². The summed E-state index contributed by atoms with van der Waals surface area (Å²) in [7, 11) is 2.28. The van der Waals surface area contributed by atoms with Crippen molar-refractivity contribution in [3.05, 3.63) is 59.4 Å². The van der Waals surface area contributed by atoms with E-state index in [-0.39, 0.29) is 5.82 Å². The van der Waals surface area contributed by atoms with E-state index in [2.05, 4.69) is 31.3 Å². The van der Waals surface area contributed by atoms with Crippen LogP contribution in [0.15, 0.2) is 52.3 Å². The van der Waals surface area contributed by atoms with Crippen LogP contribution in [0.1, 0.15) is 17.2 Å². The van der Waals surface area contributed by atoms with Crippen molar-refractivity contribution in [3.63, 3.8) is 0 Å². The van der Waals surface area contributed by atoms with Crippen molar-refractivity contribution in [3.8, 4) is 0 Å². The lowest BCUT2D eigenvalue weighted by Gasteiger charge is -2.33. The van der Waals surface area contributed by atoms with Crippen LogP contribution in [0.25, 0.3) is 0 Å². The minimum Gasteiger partial charge on any atom is -0.328 e. The van der Waals surface area contributed by atoms with Gasteiger partial charge in [0.2, 0.25) is 0 Å². The molecular weight excluding hydrogens is 307 g/mol. The molecule has 0 amide bonds. The first-order valence-corrected chi connectivity index (χ1v) is 9.23. The SMILES string of the molecule is C[NH+]1CC[NH+]([C@@H]2Cc3ccc(F)cc3Sc3ccccc32)CC1. The van der Waals surface area contributed by atoms with Crippen LogP contribution in [-0.2, 0) is 6.42 Å². The van der Waals surface area contributed by atoms with Gasteiger partial charge in [0.05, 0.1) is 7.05 Å². The van der Waals surface area contributed by atoms with Gasteiger partial charge in [-0.2, -0.15) is 0 Å². The summed E-state index contributed by atoms with van der Waals surface area (Å²) < 4.78 is 13.7. The van der Waals surface area contributed by atoms with Crippen LogP contribution < -0.4 is 9.80 Å². The quantitative estimate of drug-likeness (QED) is 0.793. The maximum absolute atomic E-state index is 13.7. The van der Waals surface area contributed by atoms with E-state index in [1.54, 1.807) is 33.7 Å². The molecule has 2 aromatic carbocycles. The third-order valence-corrected chi connectivity index (χ3v) is 6.40. The van der Waals surface area contributed by atoms with Crippen LogP contribution in [0, 0.1) is 5.82 Å². The Balaban J connectivity index is 1.74. The molecule has 0 aliphatic carbocycles. The van der Waals surface area contributed by atoms with Crippen LogP contribution in [0.4, 0.5) is 4.39 Å². The summed E-state index contributed by atoms with van der Waals surface area (Å²) >= 11 is 1.73. The topological polar surface area (TPSA) is 8.88 Å². The van der Waals surface area contributed by atoms with E-state index in [4.69, 9.17) is 0 Å². The Hall–Kier alpha value is -1.36. The van der Waals surface area contributed by atoms with Gasteiger partial charge in [-0.15, -0.1) is 0 Å². The number of piperazine rings is 1. The van der Waals surface area contributed by atoms with Gasteiger partial charge in [0, 0.05) is 21.8 Å². The molecule has 2 aliphatic rings. The highest BCUT2D eigenvalue weighted by Gasteiger charge is 2.33. The van der Waals surface area contributed by atoms with Crippen molar-refractivity contribution in [1.29, 1.82) is 0 Å². The monoisotopic (exact) mass is 330 g/mol. The van der Waals surface area contributed by atoms with Gasteiger partial charge >= 0.3 is 0 Å². The lowest BCUT2D eigenvalue weighted by Crippen LogP contribution is -3.27. The third-order valence-electron chi connectivity index (χ3n) is 5.21. The zero-order valence-corrected chi connectivity index (χ0v) is 14.3. The number of halogens is 1. The van der Waals surface area contributed by atoms with Gasteiger partial charge in [0.25, 0.3) is 0 Å². The Morgan fingerprint density at radius 1 is 1.00 bits per heavy atom. The summed E-state index contributed by atoms with van der Waals surface area (Å²) in [5.74, 6) is -0.136. The summed E-state index contributed by atoms with van der Waals surface area (Å²) in [6.07, 6.45) is 1.01. The number of hydrogen-bond acceptors (Lipinski definition) is 1. The summed E-state index contributed by atoms with van der Waals surface area (Å²) in [6, 6.07) is 14.5. The van der Waals surface area contributed by atoms with E-state index in [0.29, 0.717) is 6.04 Å². The average Bonchev–Trinajstić information content (AvgIpc) is 2.72. The fourth-order valence-corrected chi connectivity index (χ4v) is 4.98. The summed E-state index contributed by atoms with van der Waals surface area (Å²) in [4.78, 5) is 5.69. The average molecular weight is 330 g/mol. The van der Waals surface area contributed by atoms with E-state index < -0.39 is 0 Å². The number of quaternary nitrogens is 2. The molecule has 4 heteroatoms. The molecule has 0 spiro atoms. The molecule has 1 atom stereocenters. The number of fused-ring (bicyclic) bond motifs is 2. The minimum absolute atomic E-state index is 0.136.